The fourth-order valence-electron chi connectivity index (χ4n) is 2.92. The summed E-state index contributed by atoms with van der Waals surface area (Å²) in [4.78, 5) is 24.9. The number of likely N-dealkylation sites (tertiary alicyclic amines) is 1. The van der Waals surface area contributed by atoms with Crippen molar-refractivity contribution in [2.24, 2.45) is 17.6 Å². The lowest BCUT2D eigenvalue weighted by Crippen LogP contribution is -2.49. The number of aliphatic carboxylic acids is 1. The van der Waals surface area contributed by atoms with E-state index in [1.54, 1.807) is 7.11 Å². The van der Waals surface area contributed by atoms with Crippen molar-refractivity contribution in [1.82, 2.24) is 4.90 Å². The van der Waals surface area contributed by atoms with Gasteiger partial charge in [0, 0.05) is 33.2 Å². The van der Waals surface area contributed by atoms with Crippen LogP contribution < -0.4 is 5.73 Å². The first kappa shape index (κ1) is 17.9. The summed E-state index contributed by atoms with van der Waals surface area (Å²) in [6.45, 7) is 3.92. The number of nitrogens with two attached hydrogens (primary N) is 1. The van der Waals surface area contributed by atoms with E-state index >= 15 is 0 Å². The van der Waals surface area contributed by atoms with Gasteiger partial charge < -0.3 is 20.5 Å². The quantitative estimate of drug-likeness (QED) is 0.655. The number of ether oxygens (including phenoxy) is 1. The summed E-state index contributed by atoms with van der Waals surface area (Å²) in [6, 6.07) is -0.478. The average Bonchev–Trinajstić information content (AvgIpc) is 2.46. The van der Waals surface area contributed by atoms with Crippen LogP contribution in [-0.4, -0.2) is 54.7 Å². The van der Waals surface area contributed by atoms with Crippen LogP contribution in [0.1, 0.15) is 39.0 Å². The molecule has 21 heavy (non-hydrogen) atoms. The first-order valence-electron chi connectivity index (χ1n) is 7.70. The lowest BCUT2D eigenvalue weighted by Gasteiger charge is -2.36. The Kier molecular flexibility index (Phi) is 7.67. The highest BCUT2D eigenvalue weighted by Crippen LogP contribution is 2.26. The molecule has 0 radical (unpaired) electrons. The molecule has 3 N–H and O–H groups in total. The molecule has 1 amide bonds. The van der Waals surface area contributed by atoms with Gasteiger partial charge in [-0.15, -0.1) is 0 Å². The Morgan fingerprint density at radius 2 is 2.19 bits per heavy atom. The molecule has 122 valence electrons. The minimum absolute atomic E-state index is 0.0154. The van der Waals surface area contributed by atoms with Crippen LogP contribution >= 0.6 is 0 Å². The van der Waals surface area contributed by atoms with E-state index < -0.39 is 12.0 Å². The van der Waals surface area contributed by atoms with Crippen LogP contribution in [0, 0.1) is 11.8 Å². The van der Waals surface area contributed by atoms with Crippen LogP contribution in [0.2, 0.25) is 0 Å². The molecular weight excluding hydrogens is 272 g/mol. The Bertz CT molecular complexity index is 349. The van der Waals surface area contributed by atoms with Crippen LogP contribution in [0.5, 0.6) is 0 Å². The summed E-state index contributed by atoms with van der Waals surface area (Å²) in [5, 5.41) is 8.89. The lowest BCUT2D eigenvalue weighted by atomic mass is 9.84. The molecule has 6 nitrogen and oxygen atoms in total. The van der Waals surface area contributed by atoms with Gasteiger partial charge in [0.15, 0.2) is 0 Å². The van der Waals surface area contributed by atoms with Crippen LogP contribution in [0.25, 0.3) is 0 Å². The summed E-state index contributed by atoms with van der Waals surface area (Å²) in [6.07, 6.45) is 3.46. The van der Waals surface area contributed by atoms with E-state index in [2.05, 4.69) is 0 Å². The predicted octanol–water partition coefficient (Wildman–Crippen LogP) is 1.09. The predicted molar refractivity (Wildman–Crippen MR) is 79.8 cm³/mol. The van der Waals surface area contributed by atoms with E-state index in [9.17, 15) is 9.59 Å². The molecule has 1 rings (SSSR count). The molecule has 0 spiro atoms. The van der Waals surface area contributed by atoms with Crippen LogP contribution in [0.15, 0.2) is 0 Å². The maximum absolute atomic E-state index is 12.3. The summed E-state index contributed by atoms with van der Waals surface area (Å²) in [5.41, 5.74) is 5.95. The Balaban J connectivity index is 2.47. The number of carboxylic acids is 1. The number of amides is 1. The standard InChI is InChI=1S/C15H28N2O4/c1-11(9-14(18)19)12-5-3-7-17(10-12)15(20)13(16)6-4-8-21-2/h11-13H,3-10,16H2,1-2H3,(H,18,19). The molecule has 3 unspecified atom stereocenters. The Morgan fingerprint density at radius 1 is 1.48 bits per heavy atom. The highest BCUT2D eigenvalue weighted by molar-refractivity contribution is 5.81. The summed E-state index contributed by atoms with van der Waals surface area (Å²) in [5.74, 6) is -0.451. The number of carboxylic acid groups (broad SMARTS) is 1. The normalized spacial score (nSPS) is 21.9. The molecule has 0 bridgehead atoms. The monoisotopic (exact) mass is 300 g/mol. The van der Waals surface area contributed by atoms with Gasteiger partial charge in [-0.1, -0.05) is 6.92 Å². The first-order chi connectivity index (χ1) is 9.95. The SMILES string of the molecule is COCCCC(N)C(=O)N1CCCC(C(C)CC(=O)O)C1. The van der Waals surface area contributed by atoms with E-state index in [4.69, 9.17) is 15.6 Å². The molecule has 1 aliphatic rings. The zero-order chi connectivity index (χ0) is 15.8. The van der Waals surface area contributed by atoms with Crippen molar-refractivity contribution in [1.29, 1.82) is 0 Å². The fraction of sp³-hybridized carbons (Fsp3) is 0.867. The van der Waals surface area contributed by atoms with E-state index in [1.165, 1.54) is 0 Å². The number of carbonyl (C=O) groups is 2. The molecule has 1 fully saturated rings. The number of carbonyl (C=O) groups excluding carboxylic acids is 1. The Hall–Kier alpha value is -1.14. The second kappa shape index (κ2) is 9.00. The highest BCUT2D eigenvalue weighted by Gasteiger charge is 2.30. The zero-order valence-corrected chi connectivity index (χ0v) is 13.1. The third-order valence-corrected chi connectivity index (χ3v) is 4.25. The van der Waals surface area contributed by atoms with Crippen LogP contribution in [0.4, 0.5) is 0 Å². The van der Waals surface area contributed by atoms with Crippen molar-refractivity contribution in [2.45, 2.75) is 45.1 Å². The smallest absolute Gasteiger partial charge is 0.303 e. The fourth-order valence-corrected chi connectivity index (χ4v) is 2.92. The number of hydrogen-bond donors (Lipinski definition) is 2. The molecule has 1 heterocycles. The third kappa shape index (κ3) is 6.01. The minimum Gasteiger partial charge on any atom is -0.481 e. The van der Waals surface area contributed by atoms with Gasteiger partial charge in [0.05, 0.1) is 6.04 Å². The van der Waals surface area contributed by atoms with Crippen molar-refractivity contribution in [3.8, 4) is 0 Å². The maximum atomic E-state index is 12.3. The highest BCUT2D eigenvalue weighted by atomic mass is 16.5. The van der Waals surface area contributed by atoms with Gasteiger partial charge in [-0.25, -0.2) is 0 Å². The van der Waals surface area contributed by atoms with E-state index in [1.807, 2.05) is 11.8 Å². The van der Waals surface area contributed by atoms with Crippen LogP contribution in [-0.2, 0) is 14.3 Å². The van der Waals surface area contributed by atoms with Crippen LogP contribution in [0.3, 0.4) is 0 Å². The van der Waals surface area contributed by atoms with E-state index in [0.29, 0.717) is 19.6 Å². The van der Waals surface area contributed by atoms with Gasteiger partial charge in [0.1, 0.15) is 0 Å². The largest absolute Gasteiger partial charge is 0.481 e. The van der Waals surface area contributed by atoms with Gasteiger partial charge in [0.25, 0.3) is 0 Å². The van der Waals surface area contributed by atoms with Crippen molar-refractivity contribution in [3.63, 3.8) is 0 Å². The summed E-state index contributed by atoms with van der Waals surface area (Å²) >= 11 is 0. The van der Waals surface area contributed by atoms with Gasteiger partial charge >= 0.3 is 5.97 Å². The molecule has 3 atom stereocenters. The Labute approximate surface area is 126 Å². The number of methoxy groups -OCH3 is 1. The van der Waals surface area contributed by atoms with Crippen molar-refractivity contribution in [2.75, 3.05) is 26.8 Å². The molecule has 0 aliphatic carbocycles. The van der Waals surface area contributed by atoms with Crippen molar-refractivity contribution in [3.05, 3.63) is 0 Å². The molecule has 0 saturated carbocycles. The second-order valence-corrected chi connectivity index (χ2v) is 6.00. The van der Waals surface area contributed by atoms with E-state index in [0.717, 1.165) is 25.8 Å². The first-order valence-corrected chi connectivity index (χ1v) is 7.70. The molecule has 0 aromatic carbocycles. The number of hydrogen-bond acceptors (Lipinski definition) is 4. The van der Waals surface area contributed by atoms with E-state index in [-0.39, 0.29) is 24.2 Å². The number of piperidine rings is 1. The Morgan fingerprint density at radius 3 is 2.81 bits per heavy atom. The van der Waals surface area contributed by atoms with Crippen molar-refractivity contribution < 1.29 is 19.4 Å². The topological polar surface area (TPSA) is 92.9 Å². The molecule has 6 heteroatoms. The third-order valence-electron chi connectivity index (χ3n) is 4.25. The number of rotatable bonds is 8. The summed E-state index contributed by atoms with van der Waals surface area (Å²) < 4.78 is 4.97. The average molecular weight is 300 g/mol. The minimum atomic E-state index is -0.776. The zero-order valence-electron chi connectivity index (χ0n) is 13.1. The molecular formula is C15H28N2O4. The van der Waals surface area contributed by atoms with Gasteiger partial charge in [-0.3, -0.25) is 9.59 Å². The summed E-state index contributed by atoms with van der Waals surface area (Å²) in [7, 11) is 1.63. The van der Waals surface area contributed by atoms with Gasteiger partial charge in [0.2, 0.25) is 5.91 Å². The molecule has 1 aliphatic heterocycles. The second-order valence-electron chi connectivity index (χ2n) is 6.00. The van der Waals surface area contributed by atoms with Gasteiger partial charge in [-0.05, 0) is 37.5 Å². The maximum Gasteiger partial charge on any atom is 0.303 e. The lowest BCUT2D eigenvalue weighted by molar-refractivity contribution is -0.138. The molecule has 0 aromatic rings. The van der Waals surface area contributed by atoms with Gasteiger partial charge in [-0.2, -0.15) is 0 Å². The molecule has 1 saturated heterocycles. The van der Waals surface area contributed by atoms with Crippen molar-refractivity contribution >= 4 is 11.9 Å². The molecule has 0 aromatic heterocycles. The number of nitrogens with zero attached hydrogens (tertiary/aromatic N) is 1.